The van der Waals surface area contributed by atoms with Gasteiger partial charge in [0.05, 0.1) is 15.6 Å². The van der Waals surface area contributed by atoms with Crippen LogP contribution in [0.5, 0.6) is 0 Å². The largest absolute Gasteiger partial charge is 0.389 e. The van der Waals surface area contributed by atoms with E-state index in [0.29, 0.717) is 19.4 Å². The van der Waals surface area contributed by atoms with Crippen LogP contribution in [0, 0.1) is 0 Å². The molecule has 0 saturated carbocycles. The van der Waals surface area contributed by atoms with Gasteiger partial charge in [-0.05, 0) is 31.9 Å². The number of hydrogen-bond donors (Lipinski definition) is 1. The van der Waals surface area contributed by atoms with Gasteiger partial charge in [0, 0.05) is 13.1 Å². The maximum Gasteiger partial charge on any atom is 0.244 e. The first-order valence-corrected chi connectivity index (χ1v) is 8.10. The van der Waals surface area contributed by atoms with E-state index in [-0.39, 0.29) is 21.5 Å². The number of halogens is 2. The second-order valence-electron chi connectivity index (χ2n) is 4.99. The number of rotatable bonds is 2. The van der Waals surface area contributed by atoms with Gasteiger partial charge in [0.25, 0.3) is 0 Å². The first-order chi connectivity index (χ1) is 8.74. The highest BCUT2D eigenvalue weighted by Crippen LogP contribution is 2.33. The Morgan fingerprint density at radius 2 is 2.05 bits per heavy atom. The van der Waals surface area contributed by atoms with Crippen LogP contribution in [0.4, 0.5) is 0 Å². The lowest BCUT2D eigenvalue weighted by molar-refractivity contribution is 0.00940. The van der Waals surface area contributed by atoms with Crippen LogP contribution in [0.2, 0.25) is 10.0 Å². The van der Waals surface area contributed by atoms with Crippen molar-refractivity contribution < 1.29 is 13.5 Å². The van der Waals surface area contributed by atoms with Crippen LogP contribution in [0.15, 0.2) is 23.1 Å². The van der Waals surface area contributed by atoms with Gasteiger partial charge in [0.1, 0.15) is 4.90 Å². The van der Waals surface area contributed by atoms with Crippen LogP contribution >= 0.6 is 23.2 Å². The zero-order valence-corrected chi connectivity index (χ0v) is 12.8. The molecule has 1 unspecified atom stereocenters. The Bertz CT molecular complexity index is 587. The molecular formula is C12H15Cl2NO3S. The second-order valence-corrected chi connectivity index (χ2v) is 7.68. The molecule has 7 heteroatoms. The number of sulfonamides is 1. The average molecular weight is 324 g/mol. The van der Waals surface area contributed by atoms with Crippen molar-refractivity contribution in [3.05, 3.63) is 28.2 Å². The molecular weight excluding hydrogens is 309 g/mol. The molecule has 106 valence electrons. The standard InChI is InChI=1S/C12H15Cl2NO3S/c1-12(16)6-3-7-15(8-12)19(17,18)10-5-2-4-9(13)11(10)14/h2,4-5,16H,3,6-8H2,1H3. The maximum atomic E-state index is 12.5. The zero-order chi connectivity index (χ0) is 14.3. The number of β-amino-alcohol motifs (C(OH)–C–C–N with tert-alkyl or cyclic N) is 1. The molecule has 0 spiro atoms. The van der Waals surface area contributed by atoms with E-state index in [1.165, 1.54) is 16.4 Å². The van der Waals surface area contributed by atoms with Crippen molar-refractivity contribution in [1.29, 1.82) is 0 Å². The van der Waals surface area contributed by atoms with Crippen LogP contribution in [-0.2, 0) is 10.0 Å². The van der Waals surface area contributed by atoms with E-state index in [1.54, 1.807) is 13.0 Å². The van der Waals surface area contributed by atoms with Crippen LogP contribution in [0.3, 0.4) is 0 Å². The molecule has 0 aromatic heterocycles. The second kappa shape index (κ2) is 5.22. The fraction of sp³-hybridized carbons (Fsp3) is 0.500. The Morgan fingerprint density at radius 3 is 2.68 bits per heavy atom. The van der Waals surface area contributed by atoms with Crippen molar-refractivity contribution in [2.45, 2.75) is 30.3 Å². The van der Waals surface area contributed by atoms with Crippen molar-refractivity contribution in [2.75, 3.05) is 13.1 Å². The number of aliphatic hydroxyl groups is 1. The molecule has 1 N–H and O–H groups in total. The van der Waals surface area contributed by atoms with Crippen molar-refractivity contribution in [2.24, 2.45) is 0 Å². The molecule has 1 aliphatic heterocycles. The summed E-state index contributed by atoms with van der Waals surface area (Å²) in [5, 5.41) is 10.2. The minimum absolute atomic E-state index is 0.0145. The summed E-state index contributed by atoms with van der Waals surface area (Å²) in [5.41, 5.74) is -1.00. The number of hydrogen-bond acceptors (Lipinski definition) is 3. The first-order valence-electron chi connectivity index (χ1n) is 5.91. The highest BCUT2D eigenvalue weighted by molar-refractivity contribution is 7.89. The van der Waals surface area contributed by atoms with Crippen LogP contribution < -0.4 is 0 Å². The molecule has 1 aliphatic rings. The summed E-state index contributed by atoms with van der Waals surface area (Å²) in [7, 11) is -3.73. The Balaban J connectivity index is 2.40. The monoisotopic (exact) mass is 323 g/mol. The van der Waals surface area contributed by atoms with E-state index in [9.17, 15) is 13.5 Å². The van der Waals surface area contributed by atoms with Gasteiger partial charge in [0.2, 0.25) is 10.0 Å². The minimum Gasteiger partial charge on any atom is -0.389 e. The molecule has 2 rings (SSSR count). The Labute approximate surface area is 123 Å². The van der Waals surface area contributed by atoms with Gasteiger partial charge in [-0.25, -0.2) is 8.42 Å². The van der Waals surface area contributed by atoms with Gasteiger partial charge in [-0.15, -0.1) is 0 Å². The maximum absolute atomic E-state index is 12.5. The SMILES string of the molecule is CC1(O)CCCN(S(=O)(=O)c2cccc(Cl)c2Cl)C1. The molecule has 0 radical (unpaired) electrons. The fourth-order valence-corrected chi connectivity index (χ4v) is 4.53. The zero-order valence-electron chi connectivity index (χ0n) is 10.4. The quantitative estimate of drug-likeness (QED) is 0.909. The van der Waals surface area contributed by atoms with Crippen LogP contribution in [0.25, 0.3) is 0 Å². The molecule has 0 amide bonds. The van der Waals surface area contributed by atoms with Gasteiger partial charge < -0.3 is 5.11 Å². The molecule has 1 saturated heterocycles. The van der Waals surface area contributed by atoms with Gasteiger partial charge in [-0.3, -0.25) is 0 Å². The molecule has 0 aliphatic carbocycles. The lowest BCUT2D eigenvalue weighted by atomic mass is 9.97. The van der Waals surface area contributed by atoms with E-state index in [0.717, 1.165) is 0 Å². The number of piperidine rings is 1. The topological polar surface area (TPSA) is 57.6 Å². The molecule has 1 aromatic carbocycles. The predicted molar refractivity (Wildman–Crippen MR) is 75.1 cm³/mol. The van der Waals surface area contributed by atoms with Gasteiger partial charge in [0.15, 0.2) is 0 Å². The highest BCUT2D eigenvalue weighted by Gasteiger charge is 2.36. The summed E-state index contributed by atoms with van der Waals surface area (Å²) in [4.78, 5) is -0.0145. The lowest BCUT2D eigenvalue weighted by Gasteiger charge is -2.36. The summed E-state index contributed by atoms with van der Waals surface area (Å²) in [6, 6.07) is 4.51. The molecule has 1 aromatic rings. The smallest absolute Gasteiger partial charge is 0.244 e. The number of benzene rings is 1. The van der Waals surface area contributed by atoms with Crippen molar-refractivity contribution >= 4 is 33.2 Å². The lowest BCUT2D eigenvalue weighted by Crippen LogP contribution is -2.48. The summed E-state index contributed by atoms with van der Waals surface area (Å²) in [6.07, 6.45) is 1.20. The van der Waals surface area contributed by atoms with Gasteiger partial charge >= 0.3 is 0 Å². The van der Waals surface area contributed by atoms with Crippen molar-refractivity contribution in [1.82, 2.24) is 4.31 Å². The molecule has 0 bridgehead atoms. The van der Waals surface area contributed by atoms with Gasteiger partial charge in [-0.1, -0.05) is 29.3 Å². The molecule has 19 heavy (non-hydrogen) atoms. The molecule has 1 heterocycles. The van der Waals surface area contributed by atoms with Gasteiger partial charge in [-0.2, -0.15) is 4.31 Å². The Hall–Kier alpha value is -0.330. The minimum atomic E-state index is -3.73. The number of nitrogens with zero attached hydrogens (tertiary/aromatic N) is 1. The van der Waals surface area contributed by atoms with Crippen molar-refractivity contribution in [3.63, 3.8) is 0 Å². The van der Waals surface area contributed by atoms with Crippen LogP contribution in [0.1, 0.15) is 19.8 Å². The van der Waals surface area contributed by atoms with E-state index in [2.05, 4.69) is 0 Å². The molecule has 1 atom stereocenters. The van der Waals surface area contributed by atoms with E-state index >= 15 is 0 Å². The molecule has 1 fully saturated rings. The molecule has 4 nitrogen and oxygen atoms in total. The third kappa shape index (κ3) is 3.06. The van der Waals surface area contributed by atoms with E-state index < -0.39 is 15.6 Å². The summed E-state index contributed by atoms with van der Waals surface area (Å²) in [5.74, 6) is 0. The summed E-state index contributed by atoms with van der Waals surface area (Å²) < 4.78 is 26.3. The van der Waals surface area contributed by atoms with Crippen molar-refractivity contribution in [3.8, 4) is 0 Å². The Kier molecular flexibility index (Phi) is 4.14. The third-order valence-corrected chi connectivity index (χ3v) is 5.99. The summed E-state index contributed by atoms with van der Waals surface area (Å²) >= 11 is 11.8. The van der Waals surface area contributed by atoms with Crippen LogP contribution in [-0.4, -0.2) is 36.5 Å². The third-order valence-electron chi connectivity index (χ3n) is 3.17. The first kappa shape index (κ1) is 15.1. The normalized spacial score (nSPS) is 25.5. The highest BCUT2D eigenvalue weighted by atomic mass is 35.5. The summed E-state index contributed by atoms with van der Waals surface area (Å²) in [6.45, 7) is 2.08. The van der Waals surface area contributed by atoms with E-state index in [1.807, 2.05) is 0 Å². The predicted octanol–water partition coefficient (Wildman–Crippen LogP) is 2.53. The Morgan fingerprint density at radius 1 is 1.37 bits per heavy atom. The average Bonchev–Trinajstić information content (AvgIpc) is 2.31. The fourth-order valence-electron chi connectivity index (χ4n) is 2.20. The van der Waals surface area contributed by atoms with E-state index in [4.69, 9.17) is 23.2 Å².